The summed E-state index contributed by atoms with van der Waals surface area (Å²) in [4.78, 5) is 39.9. The molecule has 3 heterocycles. The number of likely N-dealkylation sites (tertiary alicyclic amines) is 1. The zero-order chi connectivity index (χ0) is 30.7. The van der Waals surface area contributed by atoms with Gasteiger partial charge in [-0.3, -0.25) is 9.59 Å². The number of anilines is 1. The Morgan fingerprint density at radius 2 is 1.79 bits per heavy atom. The number of benzene rings is 2. The molecule has 2 fully saturated rings. The molecule has 0 spiro atoms. The molecule has 2 atom stereocenters. The molecule has 2 amide bonds. The molecule has 2 aromatic carbocycles. The van der Waals surface area contributed by atoms with Gasteiger partial charge in [-0.25, -0.2) is 17.5 Å². The number of sulfonamides is 1. The van der Waals surface area contributed by atoms with Crippen LogP contribution < -0.4 is 5.32 Å². The third-order valence-electron chi connectivity index (χ3n) is 7.94. The highest BCUT2D eigenvalue weighted by Gasteiger charge is 2.43. The molecule has 0 saturated carbocycles. The fourth-order valence-electron chi connectivity index (χ4n) is 5.70. The monoisotopic (exact) mass is 627 g/mol. The minimum absolute atomic E-state index is 0.00727. The van der Waals surface area contributed by atoms with E-state index in [4.69, 9.17) is 16.7 Å². The lowest BCUT2D eigenvalue weighted by Crippen LogP contribution is -2.42. The quantitative estimate of drug-likeness (QED) is 0.357. The molecule has 2 saturated heterocycles. The van der Waals surface area contributed by atoms with E-state index >= 15 is 0 Å². The molecule has 1 unspecified atom stereocenters. The first-order valence-electron chi connectivity index (χ1n) is 13.6. The van der Waals surface area contributed by atoms with Crippen LogP contribution in [-0.4, -0.2) is 92.7 Å². The van der Waals surface area contributed by atoms with Crippen molar-refractivity contribution in [2.45, 2.75) is 25.3 Å². The lowest BCUT2D eigenvalue weighted by molar-refractivity contribution is -0.132. The highest BCUT2D eigenvalue weighted by atomic mass is 35.5. The van der Waals surface area contributed by atoms with Crippen LogP contribution >= 0.6 is 11.6 Å². The number of nitrogens with one attached hydrogen (secondary N) is 1. The molecule has 13 nitrogen and oxygen atoms in total. The maximum Gasteiger partial charge on any atom is 0.335 e. The topological polar surface area (TPSA) is 168 Å². The summed E-state index contributed by atoms with van der Waals surface area (Å²) in [6.07, 6.45) is 7.29. The molecule has 43 heavy (non-hydrogen) atoms. The molecule has 0 aliphatic carbocycles. The van der Waals surface area contributed by atoms with E-state index in [-0.39, 0.29) is 23.3 Å². The normalized spacial score (nSPS) is 20.0. The molecular weight excluding hydrogens is 598 g/mol. The minimum atomic E-state index is -3.29. The average molecular weight is 628 g/mol. The van der Waals surface area contributed by atoms with Crippen LogP contribution in [0, 0.1) is 11.8 Å². The third-order valence-corrected chi connectivity index (χ3v) is 9.48. The molecular formula is C28H30ClN7O6S. The Bertz CT molecular complexity index is 1640. The second-order valence-corrected chi connectivity index (χ2v) is 13.1. The van der Waals surface area contributed by atoms with Gasteiger partial charge < -0.3 is 15.3 Å². The lowest BCUT2D eigenvalue weighted by Gasteiger charge is -2.33. The largest absolute Gasteiger partial charge is 0.478 e. The number of rotatable bonds is 8. The second kappa shape index (κ2) is 12.6. The number of hydrogen-bond donors (Lipinski definition) is 2. The van der Waals surface area contributed by atoms with Gasteiger partial charge >= 0.3 is 5.97 Å². The molecule has 1 aromatic heterocycles. The van der Waals surface area contributed by atoms with Crippen LogP contribution in [0.4, 0.5) is 5.69 Å². The Balaban J connectivity index is 1.36. The first-order chi connectivity index (χ1) is 20.5. The average Bonchev–Trinajstić information content (AvgIpc) is 3.67. The van der Waals surface area contributed by atoms with E-state index < -0.39 is 27.9 Å². The number of hydrogen-bond acceptors (Lipinski definition) is 8. The van der Waals surface area contributed by atoms with Crippen LogP contribution in [0.2, 0.25) is 5.02 Å². The number of aromatic carboxylic acids is 1. The van der Waals surface area contributed by atoms with Gasteiger partial charge in [0.05, 0.1) is 17.5 Å². The van der Waals surface area contributed by atoms with Crippen LogP contribution in [0.25, 0.3) is 11.8 Å². The number of amides is 2. The van der Waals surface area contributed by atoms with Gasteiger partial charge in [-0.15, -0.1) is 5.10 Å². The molecule has 0 radical (unpaired) electrons. The number of carbonyl (C=O) groups excluding carboxylic acids is 2. The molecule has 226 valence electrons. The highest BCUT2D eigenvalue weighted by molar-refractivity contribution is 7.88. The number of tetrazole rings is 1. The Hall–Kier alpha value is -4.14. The summed E-state index contributed by atoms with van der Waals surface area (Å²) in [5, 5.41) is 23.7. The van der Waals surface area contributed by atoms with Crippen LogP contribution in [0.3, 0.4) is 0 Å². The van der Waals surface area contributed by atoms with Gasteiger partial charge in [-0.1, -0.05) is 11.6 Å². The molecule has 2 aliphatic heterocycles. The number of carboxylic acid groups (broad SMARTS) is 1. The fraction of sp³-hybridized carbons (Fsp3) is 0.357. The summed E-state index contributed by atoms with van der Waals surface area (Å²) >= 11 is 6.22. The maximum atomic E-state index is 13.6. The summed E-state index contributed by atoms with van der Waals surface area (Å²) < 4.78 is 26.9. The standard InChI is InChI=1S/C28H30ClN7O6S/c1-43(41,42)34-12-10-18(11-13-34)21-15-25(27(38)31-23-6-2-19(3-7-23)28(39)40)35(16-21)26(37)9-4-20-14-22(29)5-8-24(20)36-17-30-32-33-36/h2-9,14,17-18,21,25H,10-13,15-16H2,1H3,(H,31,38)(H,39,40)/b9-4+/t21?,25-/m0/s1. The van der Waals surface area contributed by atoms with Crippen LogP contribution in [0.5, 0.6) is 0 Å². The van der Waals surface area contributed by atoms with Crippen molar-refractivity contribution in [3.63, 3.8) is 0 Å². The van der Waals surface area contributed by atoms with Crippen LogP contribution in [0.15, 0.2) is 54.9 Å². The number of piperidine rings is 1. The van der Waals surface area contributed by atoms with Crippen molar-refractivity contribution in [1.82, 2.24) is 29.4 Å². The highest BCUT2D eigenvalue weighted by Crippen LogP contribution is 2.36. The molecule has 2 N–H and O–H groups in total. The summed E-state index contributed by atoms with van der Waals surface area (Å²) in [7, 11) is -3.29. The summed E-state index contributed by atoms with van der Waals surface area (Å²) in [6.45, 7) is 1.13. The number of aromatic nitrogens is 4. The van der Waals surface area contributed by atoms with Crippen LogP contribution in [0.1, 0.15) is 35.2 Å². The van der Waals surface area contributed by atoms with E-state index in [1.54, 1.807) is 24.3 Å². The SMILES string of the molecule is CS(=O)(=O)N1CCC(C2C[C@@H](C(=O)Nc3ccc(C(=O)O)cc3)N(C(=O)/C=C/c3cc(Cl)ccc3-n3cnnn3)C2)CC1. The van der Waals surface area contributed by atoms with Crippen molar-refractivity contribution in [3.8, 4) is 5.69 Å². The van der Waals surface area contributed by atoms with Gasteiger partial charge in [0, 0.05) is 42.0 Å². The third kappa shape index (κ3) is 7.09. The Kier molecular flexibility index (Phi) is 8.89. The van der Waals surface area contributed by atoms with Crippen molar-refractivity contribution < 1.29 is 27.9 Å². The summed E-state index contributed by atoms with van der Waals surface area (Å²) in [6, 6.07) is 10.1. The van der Waals surface area contributed by atoms with Gasteiger partial charge in [0.1, 0.15) is 12.4 Å². The number of nitrogens with zero attached hydrogens (tertiary/aromatic N) is 6. The Morgan fingerprint density at radius 3 is 2.42 bits per heavy atom. The van der Waals surface area contributed by atoms with E-state index in [0.29, 0.717) is 60.9 Å². The van der Waals surface area contributed by atoms with Gasteiger partial charge in [0.2, 0.25) is 21.8 Å². The number of carbonyl (C=O) groups is 3. The Labute approximate surface area is 253 Å². The summed E-state index contributed by atoms with van der Waals surface area (Å²) in [5.74, 6) is -1.71. The first kappa shape index (κ1) is 30.3. The molecule has 15 heteroatoms. The second-order valence-electron chi connectivity index (χ2n) is 10.7. The van der Waals surface area contributed by atoms with Crippen molar-refractivity contribution in [1.29, 1.82) is 0 Å². The predicted octanol–water partition coefficient (Wildman–Crippen LogP) is 2.55. The van der Waals surface area contributed by atoms with E-state index in [1.807, 2.05) is 0 Å². The molecule has 0 bridgehead atoms. The molecule has 3 aromatic rings. The van der Waals surface area contributed by atoms with Crippen molar-refractivity contribution >= 4 is 51.2 Å². The fourth-order valence-corrected chi connectivity index (χ4v) is 6.75. The van der Waals surface area contributed by atoms with E-state index in [9.17, 15) is 22.8 Å². The molecule has 2 aliphatic rings. The molecule has 5 rings (SSSR count). The van der Waals surface area contributed by atoms with Gasteiger partial charge in [-0.05, 0) is 90.1 Å². The van der Waals surface area contributed by atoms with Crippen molar-refractivity contribution in [2.24, 2.45) is 11.8 Å². The summed E-state index contributed by atoms with van der Waals surface area (Å²) in [5.41, 5.74) is 1.70. The lowest BCUT2D eigenvalue weighted by atomic mass is 9.83. The van der Waals surface area contributed by atoms with Crippen molar-refractivity contribution in [3.05, 3.63) is 71.0 Å². The van der Waals surface area contributed by atoms with Gasteiger partial charge in [-0.2, -0.15) is 4.68 Å². The van der Waals surface area contributed by atoms with E-state index in [1.165, 1.54) is 56.8 Å². The van der Waals surface area contributed by atoms with E-state index in [0.717, 1.165) is 0 Å². The number of halogens is 1. The number of carboxylic acids is 1. The van der Waals surface area contributed by atoms with Gasteiger partial charge in [0.15, 0.2) is 0 Å². The maximum absolute atomic E-state index is 13.6. The smallest absolute Gasteiger partial charge is 0.335 e. The predicted molar refractivity (Wildman–Crippen MR) is 158 cm³/mol. The minimum Gasteiger partial charge on any atom is -0.478 e. The Morgan fingerprint density at radius 1 is 1.07 bits per heavy atom. The zero-order valence-electron chi connectivity index (χ0n) is 23.2. The first-order valence-corrected chi connectivity index (χ1v) is 15.8. The van der Waals surface area contributed by atoms with Crippen molar-refractivity contribution in [2.75, 3.05) is 31.2 Å². The zero-order valence-corrected chi connectivity index (χ0v) is 24.8. The van der Waals surface area contributed by atoms with E-state index in [2.05, 4.69) is 20.8 Å². The van der Waals surface area contributed by atoms with Crippen LogP contribution in [-0.2, 0) is 19.6 Å². The van der Waals surface area contributed by atoms with Gasteiger partial charge in [0.25, 0.3) is 0 Å².